The number of nitrogens with zero attached hydrogens (tertiary/aromatic N) is 2. The van der Waals surface area contributed by atoms with Crippen LogP contribution in [-0.2, 0) is 19.1 Å². The largest absolute Gasteiger partial charge is 0.468 e. The molecule has 174 valence electrons. The van der Waals surface area contributed by atoms with Crippen molar-refractivity contribution in [3.63, 3.8) is 0 Å². The number of carbonyl (C=O) groups is 2. The number of aliphatic imine (C=N–C) groups is 1. The molecule has 0 saturated carbocycles. The second-order valence-electron chi connectivity index (χ2n) is 8.26. The van der Waals surface area contributed by atoms with Gasteiger partial charge in [-0.3, -0.25) is 9.79 Å². The highest BCUT2D eigenvalue weighted by Crippen LogP contribution is 2.41. The molecule has 0 spiro atoms. The van der Waals surface area contributed by atoms with E-state index in [0.717, 1.165) is 27.4 Å². The van der Waals surface area contributed by atoms with Gasteiger partial charge in [-0.05, 0) is 38.5 Å². The molecule has 0 amide bonds. The fourth-order valence-electron chi connectivity index (χ4n) is 4.41. The van der Waals surface area contributed by atoms with Crippen molar-refractivity contribution in [1.82, 2.24) is 4.98 Å². The number of carbonyl (C=O) groups excluding carboxylic acids is 2. The number of hydrogen-bond donors (Lipinski definition) is 0. The van der Waals surface area contributed by atoms with Crippen molar-refractivity contribution in [2.45, 2.75) is 26.7 Å². The van der Waals surface area contributed by atoms with Crippen molar-refractivity contribution >= 4 is 29.0 Å². The third-order valence-corrected chi connectivity index (χ3v) is 6.89. The standard InChI is InChI=1S/C27H26N2O4S/c1-15-8-6-9-18(12-15)21-14-34-25(29-21)20-11-7-10-19(13-20)24-22(26(30)32-4)16(2)28-17(3)23(24)27(31)33-5/h6-14,22,24H,1-5H3. The van der Waals surface area contributed by atoms with Gasteiger partial charge in [0, 0.05) is 33.8 Å². The van der Waals surface area contributed by atoms with Crippen LogP contribution in [0.5, 0.6) is 0 Å². The van der Waals surface area contributed by atoms with Crippen LogP contribution in [0.2, 0.25) is 0 Å². The molecule has 7 heteroatoms. The van der Waals surface area contributed by atoms with Crippen LogP contribution in [0.25, 0.3) is 21.8 Å². The molecule has 34 heavy (non-hydrogen) atoms. The van der Waals surface area contributed by atoms with Gasteiger partial charge in [0.15, 0.2) is 0 Å². The van der Waals surface area contributed by atoms with Crippen LogP contribution in [0.3, 0.4) is 0 Å². The summed E-state index contributed by atoms with van der Waals surface area (Å²) in [7, 11) is 2.67. The normalized spacial score (nSPS) is 17.9. The van der Waals surface area contributed by atoms with Crippen LogP contribution in [0.15, 0.2) is 70.2 Å². The van der Waals surface area contributed by atoms with Crippen molar-refractivity contribution in [2.75, 3.05) is 14.2 Å². The molecule has 3 aromatic rings. The molecule has 6 nitrogen and oxygen atoms in total. The molecule has 1 aromatic heterocycles. The first-order valence-corrected chi connectivity index (χ1v) is 11.8. The molecule has 2 heterocycles. The molecule has 0 saturated heterocycles. The topological polar surface area (TPSA) is 77.8 Å². The minimum atomic E-state index is -0.725. The fourth-order valence-corrected chi connectivity index (χ4v) is 5.24. The molecule has 0 bridgehead atoms. The van der Waals surface area contributed by atoms with Crippen molar-refractivity contribution in [1.29, 1.82) is 0 Å². The Balaban J connectivity index is 1.79. The lowest BCUT2D eigenvalue weighted by atomic mass is 9.75. The highest BCUT2D eigenvalue weighted by molar-refractivity contribution is 7.13. The minimum absolute atomic E-state index is 0.361. The van der Waals surface area contributed by atoms with Crippen molar-refractivity contribution in [3.8, 4) is 21.8 Å². The number of aromatic nitrogens is 1. The summed E-state index contributed by atoms with van der Waals surface area (Å²) in [6.45, 7) is 5.60. The zero-order chi connectivity index (χ0) is 24.4. The van der Waals surface area contributed by atoms with Crippen LogP contribution < -0.4 is 0 Å². The molecule has 2 atom stereocenters. The smallest absolute Gasteiger partial charge is 0.336 e. The Labute approximate surface area is 203 Å². The van der Waals surface area contributed by atoms with E-state index >= 15 is 0 Å². The number of allylic oxidation sites excluding steroid dienone is 1. The molecular formula is C27H26N2O4S. The minimum Gasteiger partial charge on any atom is -0.468 e. The van der Waals surface area contributed by atoms with Crippen LogP contribution in [0.4, 0.5) is 0 Å². The van der Waals surface area contributed by atoms with Crippen LogP contribution in [0, 0.1) is 12.8 Å². The number of benzene rings is 2. The van der Waals surface area contributed by atoms with Gasteiger partial charge in [-0.1, -0.05) is 42.0 Å². The average molecular weight is 475 g/mol. The number of thiazole rings is 1. The summed E-state index contributed by atoms with van der Waals surface area (Å²) in [4.78, 5) is 34.9. The number of hydrogen-bond acceptors (Lipinski definition) is 7. The number of methoxy groups -OCH3 is 2. The molecule has 0 N–H and O–H groups in total. The molecule has 0 radical (unpaired) electrons. The van der Waals surface area contributed by atoms with E-state index in [1.807, 2.05) is 41.8 Å². The van der Waals surface area contributed by atoms with Gasteiger partial charge in [-0.25, -0.2) is 9.78 Å². The molecule has 2 unspecified atom stereocenters. The molecular weight excluding hydrogens is 448 g/mol. The Morgan fingerprint density at radius 1 is 0.941 bits per heavy atom. The Kier molecular flexibility index (Phi) is 6.75. The second kappa shape index (κ2) is 9.73. The Morgan fingerprint density at radius 2 is 1.68 bits per heavy atom. The van der Waals surface area contributed by atoms with Crippen molar-refractivity contribution < 1.29 is 19.1 Å². The zero-order valence-corrected chi connectivity index (χ0v) is 20.6. The number of rotatable bonds is 5. The van der Waals surface area contributed by atoms with Gasteiger partial charge >= 0.3 is 11.9 Å². The monoisotopic (exact) mass is 474 g/mol. The maximum atomic E-state index is 12.8. The lowest BCUT2D eigenvalue weighted by Gasteiger charge is -2.31. The van der Waals surface area contributed by atoms with E-state index in [4.69, 9.17) is 14.5 Å². The first kappa shape index (κ1) is 23.6. The molecule has 0 fully saturated rings. The van der Waals surface area contributed by atoms with E-state index in [9.17, 15) is 9.59 Å². The van der Waals surface area contributed by atoms with Crippen molar-refractivity contribution in [2.24, 2.45) is 10.9 Å². The average Bonchev–Trinajstić information content (AvgIpc) is 3.33. The van der Waals surface area contributed by atoms with E-state index in [-0.39, 0.29) is 0 Å². The van der Waals surface area contributed by atoms with Gasteiger partial charge in [0.25, 0.3) is 0 Å². The summed E-state index contributed by atoms with van der Waals surface area (Å²) in [5.74, 6) is -2.25. The predicted octanol–water partition coefficient (Wildman–Crippen LogP) is 5.58. The SMILES string of the molecule is COC(=O)C1=C(C)N=C(C)C(C(=O)OC)C1c1cccc(-c2nc(-c3cccc(C)c3)cs2)c1. The van der Waals surface area contributed by atoms with Gasteiger partial charge in [0.2, 0.25) is 0 Å². The fraction of sp³-hybridized carbons (Fsp3) is 0.259. The lowest BCUT2D eigenvalue weighted by molar-refractivity contribution is -0.143. The molecule has 0 aliphatic carbocycles. The Bertz CT molecular complexity index is 1320. The van der Waals surface area contributed by atoms with E-state index in [2.05, 4.69) is 24.0 Å². The molecule has 1 aliphatic heterocycles. The van der Waals surface area contributed by atoms with E-state index in [1.54, 1.807) is 25.2 Å². The number of ether oxygens (including phenoxy) is 2. The van der Waals surface area contributed by atoms with Gasteiger partial charge in [0.05, 0.1) is 25.5 Å². The summed E-state index contributed by atoms with van der Waals surface area (Å²) in [5, 5.41) is 2.89. The number of esters is 2. The summed E-state index contributed by atoms with van der Waals surface area (Å²) in [5.41, 5.74) is 6.36. The Hall–Kier alpha value is -3.58. The lowest BCUT2D eigenvalue weighted by Crippen LogP contribution is -2.36. The van der Waals surface area contributed by atoms with E-state index < -0.39 is 23.8 Å². The van der Waals surface area contributed by atoms with Crippen molar-refractivity contribution in [3.05, 3.63) is 76.3 Å². The summed E-state index contributed by atoms with van der Waals surface area (Å²) in [6.07, 6.45) is 0. The maximum Gasteiger partial charge on any atom is 0.336 e. The van der Waals surface area contributed by atoms with E-state index in [1.165, 1.54) is 19.8 Å². The molecule has 2 aromatic carbocycles. The van der Waals surface area contributed by atoms with Gasteiger partial charge in [-0.15, -0.1) is 11.3 Å². The highest BCUT2D eigenvalue weighted by atomic mass is 32.1. The first-order chi connectivity index (χ1) is 16.3. The third kappa shape index (κ3) is 4.43. The van der Waals surface area contributed by atoms with Gasteiger partial charge in [-0.2, -0.15) is 0 Å². The molecule has 1 aliphatic rings. The summed E-state index contributed by atoms with van der Waals surface area (Å²) < 4.78 is 10.1. The van der Waals surface area contributed by atoms with Crippen LogP contribution in [-0.4, -0.2) is 36.9 Å². The zero-order valence-electron chi connectivity index (χ0n) is 19.8. The predicted molar refractivity (Wildman–Crippen MR) is 134 cm³/mol. The first-order valence-electron chi connectivity index (χ1n) is 10.9. The van der Waals surface area contributed by atoms with E-state index in [0.29, 0.717) is 17.0 Å². The van der Waals surface area contributed by atoms with Crippen LogP contribution >= 0.6 is 11.3 Å². The second-order valence-corrected chi connectivity index (χ2v) is 9.11. The van der Waals surface area contributed by atoms with Gasteiger partial charge in [0.1, 0.15) is 10.9 Å². The third-order valence-electron chi connectivity index (χ3n) is 6.00. The highest BCUT2D eigenvalue weighted by Gasteiger charge is 2.42. The van der Waals surface area contributed by atoms with Gasteiger partial charge < -0.3 is 9.47 Å². The summed E-state index contributed by atoms with van der Waals surface area (Å²) in [6, 6.07) is 16.0. The summed E-state index contributed by atoms with van der Waals surface area (Å²) >= 11 is 1.55. The quantitative estimate of drug-likeness (QED) is 0.451. The molecule has 4 rings (SSSR count). The van der Waals surface area contributed by atoms with Crippen LogP contribution in [0.1, 0.15) is 30.9 Å². The maximum absolute atomic E-state index is 12.8. The number of aryl methyl sites for hydroxylation is 1. The Morgan fingerprint density at radius 3 is 2.38 bits per heavy atom.